The van der Waals surface area contributed by atoms with E-state index in [2.05, 4.69) is 17.1 Å². The quantitative estimate of drug-likeness (QED) is 0.379. The van der Waals surface area contributed by atoms with E-state index >= 15 is 0 Å². The van der Waals surface area contributed by atoms with Crippen molar-refractivity contribution in [2.75, 3.05) is 49.6 Å². The zero-order valence-corrected chi connectivity index (χ0v) is 22.9. The molecule has 8 heteroatoms. The second-order valence-corrected chi connectivity index (χ2v) is 9.76. The smallest absolute Gasteiger partial charge is 0.262 e. The van der Waals surface area contributed by atoms with E-state index in [1.807, 2.05) is 73.3 Å². The zero-order valence-electron chi connectivity index (χ0n) is 22.1. The molecule has 1 aliphatic heterocycles. The molecule has 0 atom stereocenters. The lowest BCUT2D eigenvalue weighted by molar-refractivity contribution is -0.118. The number of nitrogens with one attached hydrogen (secondary N) is 1. The van der Waals surface area contributed by atoms with Crippen LogP contribution in [0.4, 0.5) is 11.4 Å². The second-order valence-electron chi connectivity index (χ2n) is 9.35. The van der Waals surface area contributed by atoms with E-state index in [1.165, 1.54) is 0 Å². The van der Waals surface area contributed by atoms with Gasteiger partial charge >= 0.3 is 0 Å². The van der Waals surface area contributed by atoms with E-state index in [9.17, 15) is 9.59 Å². The van der Waals surface area contributed by atoms with Gasteiger partial charge in [-0.05, 0) is 79.9 Å². The van der Waals surface area contributed by atoms with Crippen molar-refractivity contribution < 1.29 is 19.1 Å². The first-order valence-corrected chi connectivity index (χ1v) is 13.3. The number of amides is 2. The molecular formula is C30H34ClN3O4. The topological polar surface area (TPSA) is 71.1 Å². The fraction of sp³-hybridized carbons (Fsp3) is 0.333. The predicted molar refractivity (Wildman–Crippen MR) is 152 cm³/mol. The van der Waals surface area contributed by atoms with Crippen molar-refractivity contribution in [1.29, 1.82) is 0 Å². The number of carbonyl (C=O) groups excluding carboxylic acids is 2. The van der Waals surface area contributed by atoms with Crippen LogP contribution in [0.25, 0.3) is 0 Å². The van der Waals surface area contributed by atoms with Crippen LogP contribution in [0.15, 0.2) is 60.7 Å². The number of hydrogen-bond acceptors (Lipinski definition) is 5. The van der Waals surface area contributed by atoms with Gasteiger partial charge in [0.1, 0.15) is 11.5 Å². The third-order valence-electron chi connectivity index (χ3n) is 6.63. The first kappa shape index (κ1) is 27.3. The summed E-state index contributed by atoms with van der Waals surface area (Å²) in [7, 11) is 0. The lowest BCUT2D eigenvalue weighted by Crippen LogP contribution is -2.48. The molecule has 1 heterocycles. The van der Waals surface area contributed by atoms with Crippen LogP contribution < -0.4 is 19.7 Å². The summed E-state index contributed by atoms with van der Waals surface area (Å²) < 4.78 is 11.3. The molecule has 1 fully saturated rings. The molecule has 1 aliphatic rings. The van der Waals surface area contributed by atoms with Crippen LogP contribution in [0.2, 0.25) is 5.02 Å². The highest BCUT2D eigenvalue weighted by molar-refractivity contribution is 6.33. The van der Waals surface area contributed by atoms with Gasteiger partial charge in [0.05, 0.1) is 17.3 Å². The van der Waals surface area contributed by atoms with E-state index in [4.69, 9.17) is 21.1 Å². The summed E-state index contributed by atoms with van der Waals surface area (Å²) in [4.78, 5) is 29.4. The number of carbonyl (C=O) groups is 2. The molecule has 0 bridgehead atoms. The molecule has 200 valence electrons. The number of rotatable bonds is 9. The molecule has 0 aliphatic carbocycles. The molecule has 1 saturated heterocycles. The van der Waals surface area contributed by atoms with Gasteiger partial charge in [0.25, 0.3) is 11.8 Å². The van der Waals surface area contributed by atoms with Crippen molar-refractivity contribution >= 4 is 34.8 Å². The van der Waals surface area contributed by atoms with Gasteiger partial charge in [0, 0.05) is 37.4 Å². The summed E-state index contributed by atoms with van der Waals surface area (Å²) in [5.74, 6) is 1.23. The van der Waals surface area contributed by atoms with Crippen LogP contribution in [-0.4, -0.2) is 56.1 Å². The molecule has 3 aromatic rings. The van der Waals surface area contributed by atoms with Crippen LogP contribution in [0.5, 0.6) is 11.5 Å². The van der Waals surface area contributed by atoms with Gasteiger partial charge in [-0.1, -0.05) is 30.7 Å². The summed E-state index contributed by atoms with van der Waals surface area (Å²) in [5, 5.41) is 3.39. The number of halogens is 1. The number of hydrogen-bond donors (Lipinski definition) is 1. The molecule has 0 unspecified atom stereocenters. The number of anilines is 2. The Hall–Kier alpha value is -3.71. The highest BCUT2D eigenvalue weighted by Gasteiger charge is 2.23. The maximum Gasteiger partial charge on any atom is 0.262 e. The molecule has 0 radical (unpaired) electrons. The number of benzene rings is 3. The summed E-state index contributed by atoms with van der Waals surface area (Å²) in [6.07, 6.45) is 0.940. The molecule has 3 aromatic carbocycles. The fourth-order valence-electron chi connectivity index (χ4n) is 4.31. The maximum atomic E-state index is 13.0. The molecule has 0 spiro atoms. The van der Waals surface area contributed by atoms with Gasteiger partial charge in [0.2, 0.25) is 0 Å². The third kappa shape index (κ3) is 6.78. The van der Waals surface area contributed by atoms with Gasteiger partial charge in [-0.15, -0.1) is 0 Å². The van der Waals surface area contributed by atoms with E-state index in [0.717, 1.165) is 29.0 Å². The van der Waals surface area contributed by atoms with Crippen molar-refractivity contribution in [1.82, 2.24) is 4.90 Å². The molecule has 0 aromatic heterocycles. The van der Waals surface area contributed by atoms with E-state index < -0.39 is 0 Å². The first-order chi connectivity index (χ1) is 18.4. The number of nitrogens with zero attached hydrogens (tertiary/aromatic N) is 2. The van der Waals surface area contributed by atoms with Crippen LogP contribution in [-0.2, 0) is 4.79 Å². The summed E-state index contributed by atoms with van der Waals surface area (Å²) in [6.45, 7) is 9.12. The van der Waals surface area contributed by atoms with Gasteiger partial charge in [0.15, 0.2) is 6.61 Å². The van der Waals surface area contributed by atoms with Gasteiger partial charge in [-0.3, -0.25) is 9.59 Å². The molecule has 0 saturated carbocycles. The minimum Gasteiger partial charge on any atom is -0.494 e. The second kappa shape index (κ2) is 12.7. The minimum absolute atomic E-state index is 0.0129. The van der Waals surface area contributed by atoms with Gasteiger partial charge < -0.3 is 24.6 Å². The highest BCUT2D eigenvalue weighted by Crippen LogP contribution is 2.30. The average molecular weight is 536 g/mol. The van der Waals surface area contributed by atoms with E-state index in [0.29, 0.717) is 54.8 Å². The lowest BCUT2D eigenvalue weighted by Gasteiger charge is -2.36. The minimum atomic E-state index is -0.258. The highest BCUT2D eigenvalue weighted by atomic mass is 35.5. The number of aryl methyl sites for hydroxylation is 1. The van der Waals surface area contributed by atoms with Gasteiger partial charge in [-0.25, -0.2) is 0 Å². The summed E-state index contributed by atoms with van der Waals surface area (Å²) in [5.41, 5.74) is 4.27. The standard InChI is InChI=1S/C30H34ClN3O4/c1-4-18-37-25-11-8-23(9-12-25)30(36)34-16-14-33(15-17-34)27-13-10-24(19-26(27)31)32-29(35)20-38-28-7-5-6-21(2)22(28)3/h5-13,19H,4,14-18,20H2,1-3H3,(H,32,35). The third-order valence-corrected chi connectivity index (χ3v) is 6.93. The Labute approximate surface area is 229 Å². The van der Waals surface area contributed by atoms with Gasteiger partial charge in [-0.2, -0.15) is 0 Å². The van der Waals surface area contributed by atoms with Crippen LogP contribution >= 0.6 is 11.6 Å². The maximum absolute atomic E-state index is 13.0. The normalized spacial score (nSPS) is 13.3. The Balaban J connectivity index is 1.28. The Kier molecular flexibility index (Phi) is 9.13. The first-order valence-electron chi connectivity index (χ1n) is 12.9. The molecule has 2 amide bonds. The van der Waals surface area contributed by atoms with Crippen molar-refractivity contribution in [3.63, 3.8) is 0 Å². The number of piperazine rings is 1. The molecule has 7 nitrogen and oxygen atoms in total. The molecule has 4 rings (SSSR count). The van der Waals surface area contributed by atoms with Crippen LogP contribution in [0.3, 0.4) is 0 Å². The van der Waals surface area contributed by atoms with Crippen LogP contribution in [0, 0.1) is 13.8 Å². The predicted octanol–water partition coefficient (Wildman–Crippen LogP) is 5.73. The van der Waals surface area contributed by atoms with E-state index in [-0.39, 0.29) is 18.4 Å². The molecule has 38 heavy (non-hydrogen) atoms. The molecular weight excluding hydrogens is 502 g/mol. The van der Waals surface area contributed by atoms with Crippen molar-refractivity contribution in [2.24, 2.45) is 0 Å². The monoisotopic (exact) mass is 535 g/mol. The molecule has 1 N–H and O–H groups in total. The fourth-order valence-corrected chi connectivity index (χ4v) is 4.61. The van der Waals surface area contributed by atoms with Crippen molar-refractivity contribution in [2.45, 2.75) is 27.2 Å². The summed E-state index contributed by atoms with van der Waals surface area (Å²) >= 11 is 6.59. The number of ether oxygens (including phenoxy) is 2. The SMILES string of the molecule is CCCOc1ccc(C(=O)N2CCN(c3ccc(NC(=O)COc4cccc(C)c4C)cc3Cl)CC2)cc1. The average Bonchev–Trinajstić information content (AvgIpc) is 2.93. The van der Waals surface area contributed by atoms with E-state index in [1.54, 1.807) is 6.07 Å². The van der Waals surface area contributed by atoms with Crippen molar-refractivity contribution in [3.05, 3.63) is 82.4 Å². The Morgan fingerprint density at radius 1 is 0.947 bits per heavy atom. The zero-order chi connectivity index (χ0) is 27.1. The van der Waals surface area contributed by atoms with Crippen molar-refractivity contribution in [3.8, 4) is 11.5 Å². The Bertz CT molecular complexity index is 1270. The Morgan fingerprint density at radius 2 is 1.68 bits per heavy atom. The van der Waals surface area contributed by atoms with Crippen LogP contribution in [0.1, 0.15) is 34.8 Å². The lowest BCUT2D eigenvalue weighted by atomic mass is 10.1. The summed E-state index contributed by atoms with van der Waals surface area (Å²) in [6, 6.07) is 18.6. The largest absolute Gasteiger partial charge is 0.494 e. The Morgan fingerprint density at radius 3 is 2.37 bits per heavy atom.